The molecule has 86 valence electrons. The Morgan fingerprint density at radius 2 is 2.31 bits per heavy atom. The van der Waals surface area contributed by atoms with Gasteiger partial charge in [0.2, 0.25) is 0 Å². The Balaban J connectivity index is 2.17. The molecule has 0 bridgehead atoms. The van der Waals surface area contributed by atoms with Crippen molar-refractivity contribution in [2.45, 2.75) is 19.4 Å². The van der Waals surface area contributed by atoms with E-state index in [1.165, 1.54) is 5.56 Å². The summed E-state index contributed by atoms with van der Waals surface area (Å²) in [7, 11) is 0. The number of rotatable bonds is 2. The highest BCUT2D eigenvalue weighted by Gasteiger charge is 2.30. The van der Waals surface area contributed by atoms with E-state index in [0.29, 0.717) is 13.0 Å². The van der Waals surface area contributed by atoms with Gasteiger partial charge in [0, 0.05) is 17.1 Å². The molecule has 1 fully saturated rings. The smallest absolute Gasteiger partial charge is 0.307 e. The first-order valence-electron chi connectivity index (χ1n) is 5.30. The third-order valence-electron chi connectivity index (χ3n) is 3.01. The fourth-order valence-corrected chi connectivity index (χ4v) is 2.85. The highest BCUT2D eigenvalue weighted by Crippen LogP contribution is 2.32. The molecule has 2 rings (SSSR count). The standard InChI is InChI=1S/C12H14BrNO2/c1-7-2-3-9(10(13)4-7)11-5-8(6-14-11)12(15)16/h2-4,8,11,14H,5-6H2,1H3,(H,15,16). The van der Waals surface area contributed by atoms with Gasteiger partial charge in [-0.05, 0) is 30.5 Å². The Morgan fingerprint density at radius 3 is 2.88 bits per heavy atom. The van der Waals surface area contributed by atoms with Crippen molar-refractivity contribution in [3.63, 3.8) is 0 Å². The molecule has 3 nitrogen and oxygen atoms in total. The van der Waals surface area contributed by atoms with Gasteiger partial charge in [0.25, 0.3) is 0 Å². The molecule has 1 saturated heterocycles. The van der Waals surface area contributed by atoms with Crippen molar-refractivity contribution in [2.75, 3.05) is 6.54 Å². The summed E-state index contributed by atoms with van der Waals surface area (Å²) in [6.45, 7) is 2.59. The normalized spacial score (nSPS) is 24.6. The van der Waals surface area contributed by atoms with Gasteiger partial charge in [-0.3, -0.25) is 4.79 Å². The van der Waals surface area contributed by atoms with Gasteiger partial charge >= 0.3 is 5.97 Å². The average Bonchev–Trinajstić information content (AvgIpc) is 2.66. The summed E-state index contributed by atoms with van der Waals surface area (Å²) in [5, 5.41) is 12.2. The molecule has 2 unspecified atom stereocenters. The van der Waals surface area contributed by atoms with Gasteiger partial charge in [0.05, 0.1) is 5.92 Å². The second kappa shape index (κ2) is 4.55. The van der Waals surface area contributed by atoms with Crippen molar-refractivity contribution in [3.05, 3.63) is 33.8 Å². The van der Waals surface area contributed by atoms with Crippen LogP contribution in [-0.2, 0) is 4.79 Å². The van der Waals surface area contributed by atoms with Gasteiger partial charge in [0.1, 0.15) is 0 Å². The maximum absolute atomic E-state index is 10.9. The van der Waals surface area contributed by atoms with Crippen LogP contribution in [0, 0.1) is 12.8 Å². The van der Waals surface area contributed by atoms with Crippen molar-refractivity contribution in [1.82, 2.24) is 5.32 Å². The number of carboxylic acids is 1. The molecule has 1 aliphatic rings. The molecule has 0 radical (unpaired) electrons. The quantitative estimate of drug-likeness (QED) is 0.877. The Bertz CT molecular complexity index is 419. The Labute approximate surface area is 103 Å². The highest BCUT2D eigenvalue weighted by atomic mass is 79.9. The van der Waals surface area contributed by atoms with Crippen molar-refractivity contribution < 1.29 is 9.90 Å². The minimum Gasteiger partial charge on any atom is -0.481 e. The molecular formula is C12H14BrNO2. The summed E-state index contributed by atoms with van der Waals surface area (Å²) in [6, 6.07) is 6.32. The van der Waals surface area contributed by atoms with Gasteiger partial charge < -0.3 is 10.4 Å². The maximum Gasteiger partial charge on any atom is 0.307 e. The zero-order valence-corrected chi connectivity index (χ0v) is 10.6. The van der Waals surface area contributed by atoms with Crippen LogP contribution < -0.4 is 5.32 Å². The average molecular weight is 284 g/mol. The lowest BCUT2D eigenvalue weighted by Crippen LogP contribution is -2.17. The lowest BCUT2D eigenvalue weighted by atomic mass is 9.99. The van der Waals surface area contributed by atoms with Crippen LogP contribution in [-0.4, -0.2) is 17.6 Å². The maximum atomic E-state index is 10.9. The predicted octanol–water partition coefficient (Wildman–Crippen LogP) is 2.49. The first kappa shape index (κ1) is 11.6. The largest absolute Gasteiger partial charge is 0.481 e. The number of aliphatic carboxylic acids is 1. The molecule has 2 N–H and O–H groups in total. The van der Waals surface area contributed by atoms with E-state index >= 15 is 0 Å². The molecule has 0 saturated carbocycles. The Hall–Kier alpha value is -0.870. The number of hydrogen-bond donors (Lipinski definition) is 2. The molecule has 16 heavy (non-hydrogen) atoms. The molecule has 0 aromatic heterocycles. The van der Waals surface area contributed by atoms with E-state index in [2.05, 4.69) is 39.4 Å². The number of hydrogen-bond acceptors (Lipinski definition) is 2. The first-order chi connectivity index (χ1) is 7.58. The predicted molar refractivity (Wildman–Crippen MR) is 65.4 cm³/mol. The summed E-state index contributed by atoms with van der Waals surface area (Å²) in [6.07, 6.45) is 0.664. The van der Waals surface area contributed by atoms with Crippen LogP contribution in [0.2, 0.25) is 0 Å². The van der Waals surface area contributed by atoms with Crippen molar-refractivity contribution in [3.8, 4) is 0 Å². The lowest BCUT2D eigenvalue weighted by Gasteiger charge is -2.13. The number of halogens is 1. The summed E-state index contributed by atoms with van der Waals surface area (Å²) in [5.41, 5.74) is 2.35. The van der Waals surface area contributed by atoms with Crippen LogP contribution in [0.3, 0.4) is 0 Å². The molecule has 4 heteroatoms. The summed E-state index contributed by atoms with van der Waals surface area (Å²) < 4.78 is 1.05. The summed E-state index contributed by atoms with van der Waals surface area (Å²) in [4.78, 5) is 10.9. The van der Waals surface area contributed by atoms with E-state index in [1.54, 1.807) is 0 Å². The molecule has 0 amide bonds. The Morgan fingerprint density at radius 1 is 1.56 bits per heavy atom. The van der Waals surface area contributed by atoms with Crippen LogP contribution in [0.25, 0.3) is 0 Å². The number of nitrogens with one attached hydrogen (secondary N) is 1. The lowest BCUT2D eigenvalue weighted by molar-refractivity contribution is -0.141. The van der Waals surface area contributed by atoms with Gasteiger partial charge in [-0.1, -0.05) is 28.1 Å². The molecule has 1 aromatic carbocycles. The fourth-order valence-electron chi connectivity index (χ4n) is 2.08. The summed E-state index contributed by atoms with van der Waals surface area (Å²) in [5.74, 6) is -0.976. The minimum atomic E-state index is -0.710. The monoisotopic (exact) mass is 283 g/mol. The van der Waals surface area contributed by atoms with Crippen molar-refractivity contribution in [2.24, 2.45) is 5.92 Å². The van der Waals surface area contributed by atoms with E-state index in [4.69, 9.17) is 5.11 Å². The van der Waals surface area contributed by atoms with E-state index in [9.17, 15) is 4.79 Å². The fraction of sp³-hybridized carbons (Fsp3) is 0.417. The number of carbonyl (C=O) groups is 1. The Kier molecular flexibility index (Phi) is 3.30. The number of benzene rings is 1. The van der Waals surface area contributed by atoms with E-state index < -0.39 is 5.97 Å². The van der Waals surface area contributed by atoms with Gasteiger partial charge in [-0.15, -0.1) is 0 Å². The summed E-state index contributed by atoms with van der Waals surface area (Å²) >= 11 is 3.53. The third-order valence-corrected chi connectivity index (χ3v) is 3.70. The van der Waals surface area contributed by atoms with Crippen LogP contribution in [0.5, 0.6) is 0 Å². The van der Waals surface area contributed by atoms with Gasteiger partial charge in [-0.2, -0.15) is 0 Å². The van der Waals surface area contributed by atoms with Crippen LogP contribution in [0.1, 0.15) is 23.6 Å². The third kappa shape index (κ3) is 2.28. The van der Waals surface area contributed by atoms with Crippen LogP contribution in [0.4, 0.5) is 0 Å². The van der Waals surface area contributed by atoms with Crippen LogP contribution in [0.15, 0.2) is 22.7 Å². The number of aryl methyl sites for hydroxylation is 1. The second-order valence-corrected chi connectivity index (χ2v) is 5.11. The van der Waals surface area contributed by atoms with E-state index in [1.807, 2.05) is 6.92 Å². The van der Waals surface area contributed by atoms with Crippen LogP contribution >= 0.6 is 15.9 Å². The molecule has 1 aliphatic heterocycles. The molecule has 1 heterocycles. The van der Waals surface area contributed by atoms with Gasteiger partial charge in [-0.25, -0.2) is 0 Å². The van der Waals surface area contributed by atoms with Crippen molar-refractivity contribution >= 4 is 21.9 Å². The zero-order chi connectivity index (χ0) is 11.7. The molecule has 1 aromatic rings. The first-order valence-corrected chi connectivity index (χ1v) is 6.09. The second-order valence-electron chi connectivity index (χ2n) is 4.26. The van der Waals surface area contributed by atoms with E-state index in [0.717, 1.165) is 10.0 Å². The SMILES string of the molecule is Cc1ccc(C2CC(C(=O)O)CN2)c(Br)c1. The molecular weight excluding hydrogens is 270 g/mol. The van der Waals surface area contributed by atoms with Gasteiger partial charge in [0.15, 0.2) is 0 Å². The van der Waals surface area contributed by atoms with E-state index in [-0.39, 0.29) is 12.0 Å². The topological polar surface area (TPSA) is 49.3 Å². The number of carboxylic acid groups (broad SMARTS) is 1. The zero-order valence-electron chi connectivity index (χ0n) is 9.03. The molecule has 2 atom stereocenters. The minimum absolute atomic E-state index is 0.149. The molecule has 0 aliphatic carbocycles. The molecule has 0 spiro atoms. The van der Waals surface area contributed by atoms with Crippen molar-refractivity contribution in [1.29, 1.82) is 0 Å². The highest BCUT2D eigenvalue weighted by molar-refractivity contribution is 9.10.